The molecular formula is C32H41N3O4. The maximum Gasteiger partial charge on any atom is 0.336 e. The highest BCUT2D eigenvalue weighted by atomic mass is 16.5. The Labute approximate surface area is 232 Å². The zero-order valence-electron chi connectivity index (χ0n) is 23.5. The number of rotatable bonds is 10. The number of aliphatic carboxylic acids is 1. The van der Waals surface area contributed by atoms with E-state index in [9.17, 15) is 14.7 Å². The summed E-state index contributed by atoms with van der Waals surface area (Å²) in [5, 5.41) is 12.8. The Morgan fingerprint density at radius 1 is 0.897 bits per heavy atom. The van der Waals surface area contributed by atoms with Gasteiger partial charge in [-0.1, -0.05) is 74.5 Å². The number of esters is 1. The van der Waals surface area contributed by atoms with E-state index in [0.29, 0.717) is 23.6 Å². The van der Waals surface area contributed by atoms with Crippen LogP contribution in [0.2, 0.25) is 0 Å². The van der Waals surface area contributed by atoms with Crippen LogP contribution in [-0.2, 0) is 14.3 Å². The number of nitrogens with one attached hydrogen (secondary N) is 1. The van der Waals surface area contributed by atoms with Crippen molar-refractivity contribution < 1.29 is 19.4 Å². The lowest BCUT2D eigenvalue weighted by atomic mass is 9.78. The molecule has 2 aromatic carbocycles. The first-order valence-corrected chi connectivity index (χ1v) is 13.9. The van der Waals surface area contributed by atoms with Crippen LogP contribution >= 0.6 is 0 Å². The van der Waals surface area contributed by atoms with E-state index in [1.54, 1.807) is 6.92 Å². The van der Waals surface area contributed by atoms with Crippen LogP contribution < -0.4 is 5.32 Å². The third-order valence-corrected chi connectivity index (χ3v) is 7.78. The predicted octanol–water partition coefficient (Wildman–Crippen LogP) is 4.83. The van der Waals surface area contributed by atoms with Crippen molar-refractivity contribution in [3.8, 4) is 0 Å². The molecule has 0 amide bonds. The number of dihydropyridines is 1. The number of carboxylic acid groups (broad SMARTS) is 1. The maximum atomic E-state index is 13.1. The van der Waals surface area contributed by atoms with Crippen molar-refractivity contribution in [2.45, 2.75) is 40.2 Å². The molecule has 2 N–H and O–H groups in total. The highest BCUT2D eigenvalue weighted by Gasteiger charge is 2.37. The summed E-state index contributed by atoms with van der Waals surface area (Å²) in [7, 11) is 0. The van der Waals surface area contributed by atoms with E-state index in [0.717, 1.165) is 39.1 Å². The van der Waals surface area contributed by atoms with Crippen molar-refractivity contribution in [2.24, 2.45) is 11.8 Å². The van der Waals surface area contributed by atoms with Gasteiger partial charge in [-0.2, -0.15) is 0 Å². The standard InChI is InChI=1S/C32H41N3O4/c1-22(2)27-28(31(36)37)23(3)33-24(4)29(27)32(38)39-21-11-16-34-17-19-35(20-18-34)30(25-12-7-5-8-13-25)26-14-9-6-10-15-26/h5-10,12-15,22,27,30,33H,11,16-21H2,1-4H3,(H,36,37). The molecule has 4 rings (SSSR count). The Balaban J connectivity index is 1.29. The average molecular weight is 532 g/mol. The largest absolute Gasteiger partial charge is 0.478 e. The van der Waals surface area contributed by atoms with Gasteiger partial charge in [0.25, 0.3) is 0 Å². The lowest BCUT2D eigenvalue weighted by molar-refractivity contribution is -0.140. The molecule has 1 atom stereocenters. The zero-order chi connectivity index (χ0) is 27.9. The summed E-state index contributed by atoms with van der Waals surface area (Å²) in [5.74, 6) is -1.97. The number of ether oxygens (including phenoxy) is 1. The molecular weight excluding hydrogens is 490 g/mol. The van der Waals surface area contributed by atoms with Crippen LogP contribution in [0.15, 0.2) is 83.2 Å². The van der Waals surface area contributed by atoms with Gasteiger partial charge in [0.05, 0.1) is 23.8 Å². The van der Waals surface area contributed by atoms with E-state index < -0.39 is 17.9 Å². The minimum absolute atomic E-state index is 0.0439. The van der Waals surface area contributed by atoms with Crippen molar-refractivity contribution in [2.75, 3.05) is 39.3 Å². The Bertz CT molecular complexity index is 1160. The minimum Gasteiger partial charge on any atom is -0.478 e. The molecule has 2 aromatic rings. The van der Waals surface area contributed by atoms with E-state index in [2.05, 4.69) is 75.8 Å². The SMILES string of the molecule is CC1=C(C(=O)O)C(C(C)C)C(C(=O)OCCCN2CCN(C(c3ccccc3)c3ccccc3)CC2)=C(C)N1. The molecule has 0 aromatic heterocycles. The van der Waals surface area contributed by atoms with Crippen molar-refractivity contribution in [1.29, 1.82) is 0 Å². The van der Waals surface area contributed by atoms with Gasteiger partial charge in [0.15, 0.2) is 0 Å². The first kappa shape index (κ1) is 28.6. The van der Waals surface area contributed by atoms with Crippen LogP contribution in [0.1, 0.15) is 51.3 Å². The maximum absolute atomic E-state index is 13.1. The summed E-state index contributed by atoms with van der Waals surface area (Å²) >= 11 is 0. The van der Waals surface area contributed by atoms with Gasteiger partial charge in [0, 0.05) is 50.0 Å². The normalized spacial score (nSPS) is 19.0. The second-order valence-electron chi connectivity index (χ2n) is 10.8. The molecule has 0 saturated carbocycles. The summed E-state index contributed by atoms with van der Waals surface area (Å²) in [4.78, 5) is 30.0. The number of allylic oxidation sites excluding steroid dienone is 2. The number of piperazine rings is 1. The molecule has 208 valence electrons. The number of carbonyl (C=O) groups is 2. The van der Waals surface area contributed by atoms with Gasteiger partial charge in [-0.05, 0) is 37.3 Å². The summed E-state index contributed by atoms with van der Waals surface area (Å²) in [6.07, 6.45) is 0.735. The van der Waals surface area contributed by atoms with Gasteiger partial charge in [-0.25, -0.2) is 9.59 Å². The molecule has 1 unspecified atom stereocenters. The number of carbonyl (C=O) groups excluding carboxylic acids is 1. The fourth-order valence-corrected chi connectivity index (χ4v) is 5.93. The fraction of sp³-hybridized carbons (Fsp3) is 0.438. The smallest absolute Gasteiger partial charge is 0.336 e. The number of carboxylic acids is 1. The monoisotopic (exact) mass is 531 g/mol. The van der Waals surface area contributed by atoms with Crippen LogP contribution in [0.3, 0.4) is 0 Å². The Hall–Kier alpha value is -3.42. The van der Waals surface area contributed by atoms with Crippen LogP contribution in [0.4, 0.5) is 0 Å². The van der Waals surface area contributed by atoms with Crippen molar-refractivity contribution in [1.82, 2.24) is 15.1 Å². The highest BCUT2D eigenvalue weighted by Crippen LogP contribution is 2.36. The van der Waals surface area contributed by atoms with Crippen LogP contribution in [-0.4, -0.2) is 66.2 Å². The molecule has 0 bridgehead atoms. The summed E-state index contributed by atoms with van der Waals surface area (Å²) in [5.41, 5.74) is 4.53. The third-order valence-electron chi connectivity index (χ3n) is 7.78. The zero-order valence-corrected chi connectivity index (χ0v) is 23.5. The number of benzene rings is 2. The van der Waals surface area contributed by atoms with Gasteiger partial charge in [-0.3, -0.25) is 4.90 Å². The van der Waals surface area contributed by atoms with E-state index >= 15 is 0 Å². The molecule has 39 heavy (non-hydrogen) atoms. The second-order valence-corrected chi connectivity index (χ2v) is 10.8. The second kappa shape index (κ2) is 13.1. The summed E-state index contributed by atoms with van der Waals surface area (Å²) in [6.45, 7) is 12.4. The molecule has 0 aliphatic carbocycles. The van der Waals surface area contributed by atoms with Crippen LogP contribution in [0, 0.1) is 11.8 Å². The number of hydrogen-bond donors (Lipinski definition) is 2. The van der Waals surface area contributed by atoms with E-state index in [1.165, 1.54) is 11.1 Å². The number of hydrogen-bond acceptors (Lipinski definition) is 6. The van der Waals surface area contributed by atoms with Gasteiger partial charge >= 0.3 is 11.9 Å². The van der Waals surface area contributed by atoms with E-state index in [1.807, 2.05) is 20.8 Å². The molecule has 0 radical (unpaired) electrons. The first-order valence-electron chi connectivity index (χ1n) is 13.9. The molecule has 2 aliphatic heterocycles. The predicted molar refractivity (Wildman–Crippen MR) is 153 cm³/mol. The van der Waals surface area contributed by atoms with Gasteiger partial charge in [-0.15, -0.1) is 0 Å². The lowest BCUT2D eigenvalue weighted by Crippen LogP contribution is -2.48. The van der Waals surface area contributed by atoms with Crippen molar-refractivity contribution >= 4 is 11.9 Å². The van der Waals surface area contributed by atoms with Gasteiger partial charge in [0.2, 0.25) is 0 Å². The van der Waals surface area contributed by atoms with Gasteiger partial charge in [0.1, 0.15) is 0 Å². The molecule has 7 heteroatoms. The Kier molecular flexibility index (Phi) is 9.59. The highest BCUT2D eigenvalue weighted by molar-refractivity contribution is 5.97. The molecule has 2 aliphatic rings. The van der Waals surface area contributed by atoms with Crippen molar-refractivity contribution in [3.05, 3.63) is 94.3 Å². The Morgan fingerprint density at radius 2 is 1.44 bits per heavy atom. The molecule has 1 fully saturated rings. The quantitative estimate of drug-likeness (QED) is 0.336. The summed E-state index contributed by atoms with van der Waals surface area (Å²) in [6, 6.07) is 21.6. The molecule has 7 nitrogen and oxygen atoms in total. The third kappa shape index (κ3) is 6.78. The molecule has 0 spiro atoms. The van der Waals surface area contributed by atoms with Gasteiger partial charge < -0.3 is 20.1 Å². The molecule has 1 saturated heterocycles. The topological polar surface area (TPSA) is 82.1 Å². The molecule has 2 heterocycles. The summed E-state index contributed by atoms with van der Waals surface area (Å²) < 4.78 is 5.67. The lowest BCUT2D eigenvalue weighted by Gasteiger charge is -2.39. The van der Waals surface area contributed by atoms with Crippen molar-refractivity contribution in [3.63, 3.8) is 0 Å². The van der Waals surface area contributed by atoms with E-state index in [4.69, 9.17) is 4.74 Å². The van der Waals surface area contributed by atoms with E-state index in [-0.39, 0.29) is 17.5 Å². The Morgan fingerprint density at radius 3 is 1.95 bits per heavy atom. The fourth-order valence-electron chi connectivity index (χ4n) is 5.93. The van der Waals surface area contributed by atoms with Crippen LogP contribution in [0.5, 0.6) is 0 Å². The average Bonchev–Trinajstić information content (AvgIpc) is 2.92. The number of nitrogens with zero attached hydrogens (tertiary/aromatic N) is 2. The van der Waals surface area contributed by atoms with Crippen LogP contribution in [0.25, 0.3) is 0 Å². The minimum atomic E-state index is -1.00. The first-order chi connectivity index (χ1) is 18.8.